The van der Waals surface area contributed by atoms with Crippen LogP contribution in [0.2, 0.25) is 0 Å². The summed E-state index contributed by atoms with van der Waals surface area (Å²) < 4.78 is 0.950. The van der Waals surface area contributed by atoms with Crippen LogP contribution in [-0.4, -0.2) is 46.2 Å². The Labute approximate surface area is 137 Å². The van der Waals surface area contributed by atoms with E-state index in [1.165, 1.54) is 6.42 Å². The number of amides is 1. The molecule has 2 bridgehead atoms. The van der Waals surface area contributed by atoms with Gasteiger partial charge in [-0.15, -0.1) is 0 Å². The molecule has 22 heavy (non-hydrogen) atoms. The van der Waals surface area contributed by atoms with E-state index >= 15 is 0 Å². The van der Waals surface area contributed by atoms with Gasteiger partial charge in [-0.25, -0.2) is 0 Å². The second-order valence-corrected chi connectivity index (χ2v) is 7.37. The van der Waals surface area contributed by atoms with Crippen LogP contribution in [0, 0.1) is 5.92 Å². The molecule has 116 valence electrons. The number of benzene rings is 1. The number of H-pyrrole nitrogens is 1. The van der Waals surface area contributed by atoms with Crippen molar-refractivity contribution in [3.8, 4) is 0 Å². The maximum Gasteiger partial charge on any atom is 0.272 e. The highest BCUT2D eigenvalue weighted by molar-refractivity contribution is 9.10. The smallest absolute Gasteiger partial charge is 0.272 e. The van der Waals surface area contributed by atoms with Crippen LogP contribution in [0.15, 0.2) is 22.7 Å². The van der Waals surface area contributed by atoms with Gasteiger partial charge in [0.25, 0.3) is 5.91 Å². The standard InChI is InChI=1S/C16H19BrN4O/c1-9-10-4-5-21(9)8-12(6-10)18-16(22)15-13-7-11(17)2-3-14(13)19-20-15/h2-3,7,9-10,12H,4-6,8H2,1H3,(H,18,22)(H,19,20). The number of nitrogens with zero attached hydrogens (tertiary/aromatic N) is 2. The monoisotopic (exact) mass is 362 g/mol. The van der Waals surface area contributed by atoms with Crippen LogP contribution >= 0.6 is 15.9 Å². The number of nitrogens with one attached hydrogen (secondary N) is 2. The number of halogens is 1. The van der Waals surface area contributed by atoms with Crippen molar-refractivity contribution >= 4 is 32.7 Å². The summed E-state index contributed by atoms with van der Waals surface area (Å²) in [6.07, 6.45) is 2.33. The van der Waals surface area contributed by atoms with Gasteiger partial charge in [0.05, 0.1) is 5.52 Å². The summed E-state index contributed by atoms with van der Waals surface area (Å²) in [5.74, 6) is 0.633. The molecule has 1 aromatic carbocycles. The number of aromatic amines is 1. The Morgan fingerprint density at radius 3 is 3.18 bits per heavy atom. The Hall–Kier alpha value is -1.40. The fourth-order valence-corrected chi connectivity index (χ4v) is 4.25. The van der Waals surface area contributed by atoms with Crippen molar-refractivity contribution in [3.05, 3.63) is 28.4 Å². The third kappa shape index (κ3) is 2.34. The largest absolute Gasteiger partial charge is 0.347 e. The fraction of sp³-hybridized carbons (Fsp3) is 0.500. The van der Waals surface area contributed by atoms with Crippen molar-refractivity contribution in [3.63, 3.8) is 0 Å². The number of aromatic nitrogens is 2. The lowest BCUT2D eigenvalue weighted by molar-refractivity contribution is 0.0879. The highest BCUT2D eigenvalue weighted by Crippen LogP contribution is 2.33. The van der Waals surface area contributed by atoms with Crippen LogP contribution in [0.4, 0.5) is 0 Å². The van der Waals surface area contributed by atoms with Gasteiger partial charge in [-0.3, -0.25) is 14.8 Å². The zero-order valence-electron chi connectivity index (χ0n) is 12.5. The van der Waals surface area contributed by atoms with Crippen molar-refractivity contribution in [1.29, 1.82) is 0 Å². The molecule has 6 heteroatoms. The average molecular weight is 363 g/mol. The summed E-state index contributed by atoms with van der Waals surface area (Å²) in [6, 6.07) is 6.70. The van der Waals surface area contributed by atoms with Gasteiger partial charge in [0.1, 0.15) is 0 Å². The summed E-state index contributed by atoms with van der Waals surface area (Å²) >= 11 is 3.45. The summed E-state index contributed by atoms with van der Waals surface area (Å²) in [7, 11) is 0. The molecule has 4 rings (SSSR count). The topological polar surface area (TPSA) is 61.0 Å². The molecule has 1 amide bonds. The van der Waals surface area contributed by atoms with Crippen LogP contribution in [0.1, 0.15) is 30.3 Å². The molecule has 1 aromatic heterocycles. The van der Waals surface area contributed by atoms with Gasteiger partial charge >= 0.3 is 0 Å². The van der Waals surface area contributed by atoms with Gasteiger partial charge in [-0.2, -0.15) is 5.10 Å². The summed E-state index contributed by atoms with van der Waals surface area (Å²) in [5, 5.41) is 11.2. The molecule has 4 atom stereocenters. The predicted molar refractivity (Wildman–Crippen MR) is 88.8 cm³/mol. The molecule has 4 unspecified atom stereocenters. The second-order valence-electron chi connectivity index (χ2n) is 6.45. The van der Waals surface area contributed by atoms with E-state index in [1.54, 1.807) is 0 Å². The first kappa shape index (κ1) is 14.2. The molecule has 2 fully saturated rings. The summed E-state index contributed by atoms with van der Waals surface area (Å²) in [6.45, 7) is 4.42. The number of carbonyl (C=O) groups excluding carboxylic acids is 1. The molecule has 0 saturated carbocycles. The first-order chi connectivity index (χ1) is 10.6. The van der Waals surface area contributed by atoms with Gasteiger partial charge in [0, 0.05) is 28.5 Å². The molecule has 3 heterocycles. The van der Waals surface area contributed by atoms with Crippen molar-refractivity contribution in [2.45, 2.75) is 31.8 Å². The van der Waals surface area contributed by atoms with E-state index in [-0.39, 0.29) is 11.9 Å². The van der Waals surface area contributed by atoms with E-state index < -0.39 is 0 Å². The molecule has 2 N–H and O–H groups in total. The number of rotatable bonds is 2. The number of carbonyl (C=O) groups is 1. The highest BCUT2D eigenvalue weighted by Gasteiger charge is 2.38. The molecule has 0 aliphatic carbocycles. The fourth-order valence-electron chi connectivity index (χ4n) is 3.89. The Morgan fingerprint density at radius 2 is 2.36 bits per heavy atom. The van der Waals surface area contributed by atoms with Crippen molar-refractivity contribution < 1.29 is 4.79 Å². The molecular formula is C16H19BrN4O. The van der Waals surface area contributed by atoms with E-state index in [0.29, 0.717) is 17.7 Å². The lowest BCUT2D eigenvalue weighted by Crippen LogP contribution is -2.50. The van der Waals surface area contributed by atoms with Gasteiger partial charge in [0.2, 0.25) is 0 Å². The normalized spacial score (nSPS) is 30.6. The van der Waals surface area contributed by atoms with E-state index in [2.05, 4.69) is 43.3 Å². The van der Waals surface area contributed by atoms with Crippen LogP contribution in [0.5, 0.6) is 0 Å². The van der Waals surface area contributed by atoms with Gasteiger partial charge < -0.3 is 5.32 Å². The minimum atomic E-state index is -0.0792. The molecule has 2 aliphatic heterocycles. The quantitative estimate of drug-likeness (QED) is 0.862. The van der Waals surface area contributed by atoms with Gasteiger partial charge in [-0.05, 0) is 50.4 Å². The Kier molecular flexibility index (Phi) is 3.46. The second kappa shape index (κ2) is 5.35. The van der Waals surface area contributed by atoms with E-state index in [9.17, 15) is 4.79 Å². The average Bonchev–Trinajstić information content (AvgIpc) is 2.97. The van der Waals surface area contributed by atoms with Crippen LogP contribution in [0.25, 0.3) is 10.9 Å². The van der Waals surface area contributed by atoms with Crippen molar-refractivity contribution in [1.82, 2.24) is 20.4 Å². The summed E-state index contributed by atoms with van der Waals surface area (Å²) in [5.41, 5.74) is 1.37. The van der Waals surface area contributed by atoms with E-state index in [4.69, 9.17) is 0 Å². The van der Waals surface area contributed by atoms with Crippen LogP contribution < -0.4 is 5.32 Å². The maximum atomic E-state index is 12.6. The predicted octanol–water partition coefficient (Wildman–Crippen LogP) is 2.54. The molecule has 0 spiro atoms. The maximum absolute atomic E-state index is 12.6. The minimum absolute atomic E-state index is 0.0792. The number of fused-ring (bicyclic) bond motifs is 3. The lowest BCUT2D eigenvalue weighted by atomic mass is 9.90. The molecule has 2 aliphatic rings. The minimum Gasteiger partial charge on any atom is -0.347 e. The SMILES string of the molecule is CC1C2CCN1CC(NC(=O)c1n[nH]c3ccc(Br)cc13)C2. The van der Waals surface area contributed by atoms with Crippen LogP contribution in [0.3, 0.4) is 0 Å². The first-order valence-corrected chi connectivity index (χ1v) is 8.59. The van der Waals surface area contributed by atoms with Crippen molar-refractivity contribution in [2.75, 3.05) is 13.1 Å². The third-order valence-electron chi connectivity index (χ3n) is 5.16. The highest BCUT2D eigenvalue weighted by atomic mass is 79.9. The number of piperidine rings is 1. The lowest BCUT2D eigenvalue weighted by Gasteiger charge is -2.35. The Bertz CT molecular complexity index is 714. The van der Waals surface area contributed by atoms with Gasteiger partial charge in [-0.1, -0.05) is 15.9 Å². The summed E-state index contributed by atoms with van der Waals surface area (Å²) in [4.78, 5) is 15.1. The molecule has 5 nitrogen and oxygen atoms in total. The van der Waals surface area contributed by atoms with E-state index in [0.717, 1.165) is 34.9 Å². The number of hydrogen-bond donors (Lipinski definition) is 2. The zero-order valence-corrected chi connectivity index (χ0v) is 14.1. The Balaban J connectivity index is 1.53. The molecule has 0 radical (unpaired) electrons. The number of hydrogen-bond acceptors (Lipinski definition) is 3. The first-order valence-electron chi connectivity index (χ1n) is 7.80. The molecule has 2 saturated heterocycles. The Morgan fingerprint density at radius 1 is 1.50 bits per heavy atom. The van der Waals surface area contributed by atoms with Crippen molar-refractivity contribution in [2.24, 2.45) is 5.92 Å². The van der Waals surface area contributed by atoms with E-state index in [1.807, 2.05) is 18.2 Å². The zero-order chi connectivity index (χ0) is 15.3. The van der Waals surface area contributed by atoms with Gasteiger partial charge in [0.15, 0.2) is 5.69 Å². The molecule has 2 aromatic rings. The van der Waals surface area contributed by atoms with Crippen LogP contribution in [-0.2, 0) is 0 Å². The third-order valence-corrected chi connectivity index (χ3v) is 5.66. The molecular weight excluding hydrogens is 344 g/mol.